The van der Waals surface area contributed by atoms with E-state index in [0.29, 0.717) is 11.3 Å². The van der Waals surface area contributed by atoms with Crippen molar-refractivity contribution in [2.24, 2.45) is 0 Å². The molecule has 0 amide bonds. The topological polar surface area (TPSA) is 46.5 Å². The average Bonchev–Trinajstić information content (AvgIpc) is 2.52. The van der Waals surface area contributed by atoms with Crippen molar-refractivity contribution in [1.29, 1.82) is 0 Å². The zero-order valence-electron chi connectivity index (χ0n) is 10.1. The van der Waals surface area contributed by atoms with Gasteiger partial charge in [-0.1, -0.05) is 12.1 Å². The normalized spacial score (nSPS) is 14.6. The zero-order chi connectivity index (χ0) is 12.4. The number of carbonyl (C=O) groups excluding carboxylic acids is 1. The summed E-state index contributed by atoms with van der Waals surface area (Å²) in [4.78, 5) is 11.6. The van der Waals surface area contributed by atoms with Gasteiger partial charge in [-0.15, -0.1) is 0 Å². The van der Waals surface area contributed by atoms with Crippen molar-refractivity contribution in [3.63, 3.8) is 0 Å². The summed E-state index contributed by atoms with van der Waals surface area (Å²) in [5, 5.41) is 10.1. The number of methoxy groups -OCH3 is 1. The molecule has 0 radical (unpaired) electrons. The van der Waals surface area contributed by atoms with Crippen LogP contribution < -0.4 is 4.74 Å². The van der Waals surface area contributed by atoms with E-state index in [1.54, 1.807) is 13.0 Å². The minimum atomic E-state index is 0.0396. The lowest BCUT2D eigenvalue weighted by Crippen LogP contribution is -2.00. The van der Waals surface area contributed by atoms with Crippen molar-refractivity contribution >= 4 is 11.4 Å². The zero-order valence-corrected chi connectivity index (χ0v) is 10.1. The summed E-state index contributed by atoms with van der Waals surface area (Å²) in [7, 11) is 1.53. The molecular formula is C14H16O3. The third-order valence-corrected chi connectivity index (χ3v) is 3.11. The lowest BCUT2D eigenvalue weighted by Gasteiger charge is -2.13. The standard InChI is InChI=1S/C14H16O3/c1-9(15)10-5-3-4-6-12-11(10)7-8-13(17-2)14(12)16/h5,7-8,16H,3-4,6H2,1-2H3. The maximum absolute atomic E-state index is 11.6. The Morgan fingerprint density at radius 3 is 2.82 bits per heavy atom. The number of hydrogen-bond donors (Lipinski definition) is 1. The minimum absolute atomic E-state index is 0.0396. The molecule has 0 heterocycles. The van der Waals surface area contributed by atoms with Crippen molar-refractivity contribution in [2.45, 2.75) is 26.2 Å². The molecular weight excluding hydrogens is 216 g/mol. The summed E-state index contributed by atoms with van der Waals surface area (Å²) in [5.41, 5.74) is 2.37. The molecule has 0 atom stereocenters. The van der Waals surface area contributed by atoms with Crippen LogP contribution >= 0.6 is 0 Å². The molecule has 0 aromatic heterocycles. The second-order valence-electron chi connectivity index (χ2n) is 4.21. The van der Waals surface area contributed by atoms with Gasteiger partial charge in [0.2, 0.25) is 0 Å². The average molecular weight is 232 g/mol. The molecule has 1 N–H and O–H groups in total. The highest BCUT2D eigenvalue weighted by Crippen LogP contribution is 2.38. The summed E-state index contributed by atoms with van der Waals surface area (Å²) >= 11 is 0. The minimum Gasteiger partial charge on any atom is -0.504 e. The molecule has 3 heteroatoms. The smallest absolute Gasteiger partial charge is 0.161 e. The first-order valence-corrected chi connectivity index (χ1v) is 5.75. The fourth-order valence-corrected chi connectivity index (χ4v) is 2.25. The first kappa shape index (κ1) is 11.7. The second-order valence-corrected chi connectivity index (χ2v) is 4.21. The number of phenolic OH excluding ortho intramolecular Hbond substituents is 1. The largest absolute Gasteiger partial charge is 0.504 e. The lowest BCUT2D eigenvalue weighted by atomic mass is 9.95. The van der Waals surface area contributed by atoms with Crippen molar-refractivity contribution in [3.8, 4) is 11.5 Å². The van der Waals surface area contributed by atoms with Gasteiger partial charge in [0.15, 0.2) is 17.3 Å². The van der Waals surface area contributed by atoms with E-state index in [1.165, 1.54) is 7.11 Å². The van der Waals surface area contributed by atoms with Crippen molar-refractivity contribution in [1.82, 2.24) is 0 Å². The molecule has 17 heavy (non-hydrogen) atoms. The summed E-state index contributed by atoms with van der Waals surface area (Å²) in [5.74, 6) is 0.672. The molecule has 3 nitrogen and oxygen atoms in total. The van der Waals surface area contributed by atoms with E-state index in [0.717, 1.165) is 30.4 Å². The molecule has 1 aromatic rings. The highest BCUT2D eigenvalue weighted by molar-refractivity contribution is 6.20. The Labute approximate surface area is 101 Å². The summed E-state index contributed by atoms with van der Waals surface area (Å²) in [6.07, 6.45) is 4.53. The van der Waals surface area contributed by atoms with E-state index in [1.807, 2.05) is 12.1 Å². The van der Waals surface area contributed by atoms with Gasteiger partial charge in [-0.3, -0.25) is 4.79 Å². The Kier molecular flexibility index (Phi) is 3.18. The van der Waals surface area contributed by atoms with Crippen LogP contribution in [0, 0.1) is 0 Å². The van der Waals surface area contributed by atoms with Crippen LogP contribution in [-0.2, 0) is 11.2 Å². The van der Waals surface area contributed by atoms with Crippen LogP contribution in [0.4, 0.5) is 0 Å². The highest BCUT2D eigenvalue weighted by atomic mass is 16.5. The molecule has 2 rings (SSSR count). The van der Waals surface area contributed by atoms with Crippen molar-refractivity contribution in [2.75, 3.05) is 7.11 Å². The number of benzene rings is 1. The van der Waals surface area contributed by atoms with Gasteiger partial charge in [-0.05, 0) is 37.8 Å². The highest BCUT2D eigenvalue weighted by Gasteiger charge is 2.19. The van der Waals surface area contributed by atoms with Gasteiger partial charge in [0, 0.05) is 11.1 Å². The number of aromatic hydroxyl groups is 1. The number of ether oxygens (including phenoxy) is 1. The van der Waals surface area contributed by atoms with Gasteiger partial charge in [0.05, 0.1) is 7.11 Å². The van der Waals surface area contributed by atoms with Crippen LogP contribution in [-0.4, -0.2) is 18.0 Å². The fraction of sp³-hybridized carbons (Fsp3) is 0.357. The van der Waals surface area contributed by atoms with E-state index in [-0.39, 0.29) is 11.5 Å². The third-order valence-electron chi connectivity index (χ3n) is 3.11. The molecule has 1 aliphatic rings. The molecule has 0 fully saturated rings. The summed E-state index contributed by atoms with van der Waals surface area (Å²) in [6, 6.07) is 3.56. The van der Waals surface area contributed by atoms with E-state index in [9.17, 15) is 9.90 Å². The van der Waals surface area contributed by atoms with E-state index >= 15 is 0 Å². The first-order valence-electron chi connectivity index (χ1n) is 5.75. The number of phenols is 1. The molecule has 1 aromatic carbocycles. The molecule has 0 bridgehead atoms. The van der Waals surface area contributed by atoms with E-state index < -0.39 is 0 Å². The Morgan fingerprint density at radius 1 is 1.41 bits per heavy atom. The van der Waals surface area contributed by atoms with Gasteiger partial charge in [0.1, 0.15) is 0 Å². The fourth-order valence-electron chi connectivity index (χ4n) is 2.25. The van der Waals surface area contributed by atoms with Crippen LogP contribution in [0.3, 0.4) is 0 Å². The molecule has 0 saturated carbocycles. The quantitative estimate of drug-likeness (QED) is 0.852. The van der Waals surface area contributed by atoms with Crippen LogP contribution in [0.5, 0.6) is 11.5 Å². The number of Topliss-reactive ketones (excluding diaryl/α,β-unsaturated/α-hetero) is 1. The van der Waals surface area contributed by atoms with Crippen molar-refractivity contribution < 1.29 is 14.6 Å². The number of ketones is 1. The predicted molar refractivity (Wildman–Crippen MR) is 66.3 cm³/mol. The molecule has 0 saturated heterocycles. The van der Waals surface area contributed by atoms with Gasteiger partial charge in [0.25, 0.3) is 0 Å². The van der Waals surface area contributed by atoms with Crippen molar-refractivity contribution in [3.05, 3.63) is 29.3 Å². The molecule has 90 valence electrons. The SMILES string of the molecule is COc1ccc2c(c1O)CCCC=C2C(C)=O. The number of hydrogen-bond acceptors (Lipinski definition) is 3. The third kappa shape index (κ3) is 2.05. The van der Waals surface area contributed by atoms with Gasteiger partial charge < -0.3 is 9.84 Å². The number of allylic oxidation sites excluding steroid dienone is 2. The van der Waals surface area contributed by atoms with E-state index in [2.05, 4.69) is 0 Å². The Morgan fingerprint density at radius 2 is 2.18 bits per heavy atom. The van der Waals surface area contributed by atoms with Crippen LogP contribution in [0.1, 0.15) is 30.9 Å². The van der Waals surface area contributed by atoms with Gasteiger partial charge in [-0.2, -0.15) is 0 Å². The predicted octanol–water partition coefficient (Wildman–Crippen LogP) is 2.71. The number of rotatable bonds is 2. The van der Waals surface area contributed by atoms with Crippen LogP contribution in [0.2, 0.25) is 0 Å². The second kappa shape index (κ2) is 4.62. The molecule has 1 aliphatic carbocycles. The summed E-state index contributed by atoms with van der Waals surface area (Å²) in [6.45, 7) is 1.56. The number of fused-ring (bicyclic) bond motifs is 1. The monoisotopic (exact) mass is 232 g/mol. The van der Waals surface area contributed by atoms with Gasteiger partial charge in [-0.25, -0.2) is 0 Å². The molecule has 0 spiro atoms. The first-order chi connectivity index (χ1) is 8.15. The Bertz CT molecular complexity index is 486. The maximum Gasteiger partial charge on any atom is 0.161 e. The van der Waals surface area contributed by atoms with E-state index in [4.69, 9.17) is 4.74 Å². The molecule has 0 unspecified atom stereocenters. The lowest BCUT2D eigenvalue weighted by molar-refractivity contribution is -0.111. The maximum atomic E-state index is 11.6. The Balaban J connectivity index is 2.61. The van der Waals surface area contributed by atoms with Crippen LogP contribution in [0.15, 0.2) is 18.2 Å². The van der Waals surface area contributed by atoms with Crippen LogP contribution in [0.25, 0.3) is 5.57 Å². The Hall–Kier alpha value is -1.77. The molecule has 0 aliphatic heterocycles. The number of carbonyl (C=O) groups is 1. The van der Waals surface area contributed by atoms with Gasteiger partial charge >= 0.3 is 0 Å². The summed E-state index contributed by atoms with van der Waals surface area (Å²) < 4.78 is 5.09.